The third-order valence-electron chi connectivity index (χ3n) is 10.7. The Morgan fingerprint density at radius 2 is 1.68 bits per heavy atom. The monoisotopic (exact) mass is 875 g/mol. The summed E-state index contributed by atoms with van der Waals surface area (Å²) >= 11 is 0.695. The van der Waals surface area contributed by atoms with E-state index in [0.717, 1.165) is 6.07 Å². The van der Waals surface area contributed by atoms with Crippen molar-refractivity contribution in [1.82, 2.24) is 0 Å². The lowest BCUT2D eigenvalue weighted by Crippen LogP contribution is -2.46. The van der Waals surface area contributed by atoms with Crippen LogP contribution in [-0.2, 0) is 49.0 Å². The van der Waals surface area contributed by atoms with Crippen molar-refractivity contribution in [2.24, 2.45) is 5.92 Å². The lowest BCUT2D eigenvalue weighted by atomic mass is 9.69. The van der Waals surface area contributed by atoms with Crippen LogP contribution in [0, 0.1) is 5.92 Å². The predicted octanol–water partition coefficient (Wildman–Crippen LogP) is 4.28. The number of ketones is 1. The first-order chi connectivity index (χ1) is 26.4. The van der Waals surface area contributed by atoms with Gasteiger partial charge in [-0.1, -0.05) is 37.8 Å². The molecule has 2 aliphatic heterocycles. The number of Topliss-reactive ketones (excluding diaryl/α,β-unsaturated/α-hetero) is 1. The van der Waals surface area contributed by atoms with Crippen LogP contribution >= 0.6 is 27.2 Å². The van der Waals surface area contributed by atoms with E-state index >= 15 is 0 Å². The molecule has 312 valence electrons. The molecule has 2 unspecified atom stereocenters. The molecule has 3 atom stereocenters. The van der Waals surface area contributed by atoms with Crippen LogP contribution in [0.5, 0.6) is 0 Å². The van der Waals surface area contributed by atoms with Gasteiger partial charge in [-0.25, -0.2) is 5.26 Å². The van der Waals surface area contributed by atoms with Crippen molar-refractivity contribution < 1.29 is 80.7 Å². The minimum atomic E-state index is -4.62. The summed E-state index contributed by atoms with van der Waals surface area (Å²) in [6.45, 7) is 4.84. The number of aliphatic carboxylic acids is 1. The van der Waals surface area contributed by atoms with Crippen molar-refractivity contribution in [2.45, 2.75) is 79.6 Å². The van der Waals surface area contributed by atoms with Gasteiger partial charge in [-0.05, 0) is 55.7 Å². The average Bonchev–Trinajstić information content (AvgIpc) is 3.47. The molecule has 2 heterocycles. The Morgan fingerprint density at radius 3 is 2.28 bits per heavy atom. The summed E-state index contributed by atoms with van der Waals surface area (Å²) in [5, 5.41) is 33.3. The van der Waals surface area contributed by atoms with E-state index in [2.05, 4.69) is 9.37 Å². The quantitative estimate of drug-likeness (QED) is 0.0152. The summed E-state index contributed by atoms with van der Waals surface area (Å²) in [7, 11) is -13.7. The van der Waals surface area contributed by atoms with Crippen molar-refractivity contribution >= 4 is 66.2 Å². The van der Waals surface area contributed by atoms with Crippen molar-refractivity contribution in [3.05, 3.63) is 70.9 Å². The second kappa shape index (κ2) is 16.9. The van der Waals surface area contributed by atoms with Crippen LogP contribution in [0.1, 0.15) is 64.0 Å². The van der Waals surface area contributed by atoms with Crippen molar-refractivity contribution in [2.75, 3.05) is 30.3 Å². The maximum atomic E-state index is 14.1. The molecular weight excluding hydrogens is 830 g/mol. The van der Waals surface area contributed by atoms with Crippen LogP contribution in [0.3, 0.4) is 0 Å². The number of aliphatic hydroxyl groups excluding tert-OH is 1. The summed E-state index contributed by atoms with van der Waals surface area (Å²) in [6.07, 6.45) is 2.19. The number of carbonyl (C=O) groups is 2. The number of nitrogens with zero attached hydrogens (tertiary/aromatic N) is 2. The van der Waals surface area contributed by atoms with Gasteiger partial charge in [0, 0.05) is 57.9 Å². The van der Waals surface area contributed by atoms with E-state index in [1.807, 2.05) is 6.92 Å². The summed E-state index contributed by atoms with van der Waals surface area (Å²) in [5.41, 5.74) is 0.723. The highest BCUT2D eigenvalue weighted by Crippen LogP contribution is 2.52. The molecule has 5 rings (SSSR count). The zero-order valence-corrected chi connectivity index (χ0v) is 34.5. The molecule has 2 aromatic carbocycles. The van der Waals surface area contributed by atoms with Gasteiger partial charge in [0.1, 0.15) is 6.16 Å². The van der Waals surface area contributed by atoms with E-state index in [-0.39, 0.29) is 25.1 Å². The molecule has 0 amide bonds. The number of rotatable bonds is 18. The molecular formula is C35H45N2O16P2S2+. The number of carbonyl (C=O) groups excluding carboxylic acids is 1. The molecule has 18 nitrogen and oxygen atoms in total. The summed E-state index contributed by atoms with van der Waals surface area (Å²) < 4.78 is 64.1. The Bertz CT molecular complexity index is 2250. The number of aliphatic hydroxyl groups is 1. The Morgan fingerprint density at radius 1 is 1.00 bits per heavy atom. The third kappa shape index (κ3) is 9.87. The van der Waals surface area contributed by atoms with Gasteiger partial charge >= 0.3 is 21.2 Å². The molecule has 0 aromatic heterocycles. The number of carboxylic acid groups (broad SMARTS) is 1. The minimum absolute atomic E-state index is 0.0201. The van der Waals surface area contributed by atoms with Gasteiger partial charge in [0.25, 0.3) is 10.1 Å². The van der Waals surface area contributed by atoms with Gasteiger partial charge in [-0.2, -0.15) is 13.0 Å². The number of hydrogen-bond acceptors (Lipinski definition) is 12. The first-order valence-electron chi connectivity index (χ1n) is 17.7. The molecule has 8 N–H and O–H groups in total. The molecule has 0 saturated heterocycles. The summed E-state index contributed by atoms with van der Waals surface area (Å²) in [6, 6.07) is 8.82. The number of anilines is 1. The lowest BCUT2D eigenvalue weighted by Gasteiger charge is -2.35. The molecule has 0 bridgehead atoms. The highest BCUT2D eigenvalue weighted by Gasteiger charge is 2.52. The predicted molar refractivity (Wildman–Crippen MR) is 206 cm³/mol. The van der Waals surface area contributed by atoms with Crippen molar-refractivity contribution in [3.63, 3.8) is 0 Å². The average molecular weight is 876 g/mol. The number of benzene rings is 2. The normalized spacial score (nSPS) is 23.3. The first-order valence-corrected chi connectivity index (χ1v) is 23.5. The highest BCUT2D eigenvalue weighted by molar-refractivity contribution is 7.94. The van der Waals surface area contributed by atoms with Gasteiger partial charge in [-0.3, -0.25) is 23.3 Å². The fourth-order valence-electron chi connectivity index (χ4n) is 7.77. The smallest absolute Gasteiger partial charge is 0.331 e. The molecule has 2 aromatic rings. The van der Waals surface area contributed by atoms with E-state index in [1.165, 1.54) is 24.3 Å². The van der Waals surface area contributed by atoms with Gasteiger partial charge in [0.2, 0.25) is 5.69 Å². The highest BCUT2D eigenvalue weighted by atomic mass is 32.2. The molecule has 0 radical (unpaired) electrons. The largest absolute Gasteiger partial charge is 0.481 e. The number of hydrogen-bond donors (Lipinski definition) is 8. The number of allylic oxidation sites excluding steroid dienone is 2. The van der Waals surface area contributed by atoms with E-state index < -0.39 is 77.1 Å². The topological polar surface area (TPSA) is 289 Å². The van der Waals surface area contributed by atoms with Crippen LogP contribution < -0.4 is 4.90 Å². The van der Waals surface area contributed by atoms with E-state index in [9.17, 15) is 56.4 Å². The molecule has 1 aliphatic carbocycles. The molecule has 3 aliphatic rings. The maximum Gasteiger partial charge on any atom is 0.331 e. The van der Waals surface area contributed by atoms with Crippen LogP contribution in [-0.4, -0.2) is 102 Å². The van der Waals surface area contributed by atoms with Crippen LogP contribution in [0.25, 0.3) is 0 Å². The van der Waals surface area contributed by atoms with Gasteiger partial charge in [0.15, 0.2) is 18.0 Å². The fourth-order valence-corrected chi connectivity index (χ4v) is 9.60. The Kier molecular flexibility index (Phi) is 13.3. The first kappa shape index (κ1) is 45.0. The standard InChI is InChI=1S/C35H44N2O16P2S2/c1-34(2)25-18-22(57(49,50)51)9-11-27(25)36(13-15-54(43,44)45)29(34)19-23-32(40)24(33(23)41)20-30-35(3,12-6-4-5-7-31(38)39)26-17-21(56-53-52-42)8-10-28(26)37(30)14-16-55(46,47)48/h8-11,17-20,23,32,40H,4-7,12-16H2,1-3H3,(H6-,38,39,42,43,44,45,46,47,48,49,50,51)/p+1/t23?,32?,35-/m1/s1. The van der Waals surface area contributed by atoms with Gasteiger partial charge in [0.05, 0.1) is 40.5 Å². The zero-order chi connectivity index (χ0) is 42.3. The zero-order valence-electron chi connectivity index (χ0n) is 31.1. The fraction of sp³-hybridized carbons (Fsp3) is 0.457. The molecule has 57 heavy (non-hydrogen) atoms. The molecule has 1 saturated carbocycles. The number of carboxylic acids is 1. The minimum Gasteiger partial charge on any atom is -0.481 e. The maximum absolute atomic E-state index is 14.1. The summed E-state index contributed by atoms with van der Waals surface area (Å²) in [4.78, 5) is 66.0. The Balaban J connectivity index is 1.58. The summed E-state index contributed by atoms with van der Waals surface area (Å²) in [5.74, 6) is -2.62. The molecule has 22 heteroatoms. The molecule has 0 spiro atoms. The second-order valence-corrected chi connectivity index (χ2v) is 20.7. The SMILES string of the molecule is CC1(C)C(=CC2C(=O)C(=CC3=[N+](CCP(=O)(O)O)c4ccc(SOOO)cc4[C@@]3(C)CCCCCC(=O)O)C2O)N(CCP(=O)(O)O)c2ccc(S(=O)(=O)O)cc21. The van der Waals surface area contributed by atoms with Crippen molar-refractivity contribution in [1.29, 1.82) is 0 Å². The van der Waals surface area contributed by atoms with E-state index in [4.69, 9.17) is 10.4 Å². The Labute approximate surface area is 332 Å². The van der Waals surface area contributed by atoms with E-state index in [1.54, 1.807) is 41.5 Å². The van der Waals surface area contributed by atoms with Crippen LogP contribution in [0.2, 0.25) is 0 Å². The lowest BCUT2D eigenvalue weighted by molar-refractivity contribution is -0.432. The second-order valence-electron chi connectivity index (χ2n) is 14.9. The van der Waals surface area contributed by atoms with E-state index in [0.29, 0.717) is 76.5 Å². The number of unbranched alkanes of at least 4 members (excludes halogenated alkanes) is 2. The third-order valence-corrected chi connectivity index (χ3v) is 13.7. The Hall–Kier alpha value is -3.07. The van der Waals surface area contributed by atoms with Crippen LogP contribution in [0.4, 0.5) is 11.4 Å². The van der Waals surface area contributed by atoms with Crippen molar-refractivity contribution in [3.8, 4) is 0 Å². The molecule has 1 fully saturated rings. The van der Waals surface area contributed by atoms with Crippen LogP contribution in [0.15, 0.2) is 69.6 Å². The number of fused-ring (bicyclic) bond motifs is 2. The van der Waals surface area contributed by atoms with Gasteiger partial charge in [-0.15, -0.1) is 4.33 Å². The van der Waals surface area contributed by atoms with Gasteiger partial charge < -0.3 is 34.7 Å².